The molecule has 0 amide bonds. The van der Waals surface area contributed by atoms with Gasteiger partial charge in [-0.05, 0) is 55.3 Å². The smallest absolute Gasteiger partial charge is 0.161 e. The number of likely N-dealkylation sites (tertiary alicyclic amines) is 1. The van der Waals surface area contributed by atoms with Crippen molar-refractivity contribution in [3.63, 3.8) is 0 Å². The van der Waals surface area contributed by atoms with E-state index in [2.05, 4.69) is 50.5 Å². The molecule has 2 aromatic rings. The minimum Gasteiger partial charge on any atom is -0.490 e. The molecule has 2 aromatic carbocycles. The average Bonchev–Trinajstić information content (AvgIpc) is 3.29. The Balaban J connectivity index is 1.17. The topological polar surface area (TPSA) is 49.3 Å². The number of ether oxygens (including phenoxy) is 2. The van der Waals surface area contributed by atoms with Crippen LogP contribution in [0.4, 0.5) is 0 Å². The molecule has 3 heterocycles. The maximum absolute atomic E-state index is 6.06. The van der Waals surface area contributed by atoms with Gasteiger partial charge in [-0.15, -0.1) is 0 Å². The lowest BCUT2D eigenvalue weighted by molar-refractivity contribution is 0.147. The van der Waals surface area contributed by atoms with Crippen molar-refractivity contribution in [3.05, 3.63) is 83.8 Å². The highest BCUT2D eigenvalue weighted by atomic mass is 16.5. The van der Waals surface area contributed by atoms with Gasteiger partial charge in [0.1, 0.15) is 6.61 Å². The van der Waals surface area contributed by atoms with E-state index in [1.807, 2.05) is 49.9 Å². The van der Waals surface area contributed by atoms with Crippen LogP contribution in [-0.4, -0.2) is 47.9 Å². The van der Waals surface area contributed by atoms with Gasteiger partial charge in [0, 0.05) is 31.9 Å². The summed E-state index contributed by atoms with van der Waals surface area (Å²) in [7, 11) is 0. The van der Waals surface area contributed by atoms with Crippen LogP contribution in [-0.2, 0) is 13.2 Å². The Hall–Kier alpha value is -3.25. The zero-order valence-corrected chi connectivity index (χ0v) is 19.2. The van der Waals surface area contributed by atoms with E-state index in [4.69, 9.17) is 9.47 Å². The summed E-state index contributed by atoms with van der Waals surface area (Å²) < 4.78 is 12.0. The van der Waals surface area contributed by atoms with E-state index < -0.39 is 0 Å². The van der Waals surface area contributed by atoms with Crippen LogP contribution in [0.5, 0.6) is 11.5 Å². The molecule has 6 heteroatoms. The molecule has 6 nitrogen and oxygen atoms in total. The molecule has 172 valence electrons. The average molecular weight is 445 g/mol. The lowest BCUT2D eigenvalue weighted by atomic mass is 10.0. The fraction of sp³-hybridized carbons (Fsp3) is 0.370. The molecule has 33 heavy (non-hydrogen) atoms. The zero-order valence-electron chi connectivity index (χ0n) is 19.2. The SMILES string of the molecule is CCOc1cc(CN2CCC(N3C=NC4=CNC=CC43)CC2)ccc1OCc1ccccc1. The van der Waals surface area contributed by atoms with Gasteiger partial charge in [-0.3, -0.25) is 4.90 Å². The highest BCUT2D eigenvalue weighted by Crippen LogP contribution is 2.31. The Kier molecular flexibility index (Phi) is 6.63. The number of rotatable bonds is 8. The standard InChI is InChI=1S/C27H32N4O2/c1-2-32-27-16-22(8-9-26(27)33-19-21-6-4-3-5-7-21)18-30-14-11-23(12-15-30)31-20-29-24-17-28-13-10-25(24)31/h3-10,13,16-17,20,23,25,28H,2,11-12,14-15,18-19H2,1H3. The van der Waals surface area contributed by atoms with Gasteiger partial charge in [0.15, 0.2) is 11.5 Å². The number of fused-ring (bicyclic) bond motifs is 1. The van der Waals surface area contributed by atoms with Crippen molar-refractivity contribution in [1.82, 2.24) is 15.1 Å². The summed E-state index contributed by atoms with van der Waals surface area (Å²) in [5.74, 6) is 1.63. The van der Waals surface area contributed by atoms with Crippen molar-refractivity contribution in [3.8, 4) is 11.5 Å². The summed E-state index contributed by atoms with van der Waals surface area (Å²) in [6.45, 7) is 6.26. The van der Waals surface area contributed by atoms with Crippen LogP contribution in [0.3, 0.4) is 0 Å². The van der Waals surface area contributed by atoms with Crippen LogP contribution in [0.25, 0.3) is 0 Å². The van der Waals surface area contributed by atoms with Gasteiger partial charge in [0.2, 0.25) is 0 Å². The fourth-order valence-electron chi connectivity index (χ4n) is 4.76. The molecule has 0 aromatic heterocycles. The van der Waals surface area contributed by atoms with Gasteiger partial charge in [-0.25, -0.2) is 4.99 Å². The van der Waals surface area contributed by atoms with Crippen molar-refractivity contribution in [2.75, 3.05) is 19.7 Å². The molecule has 1 atom stereocenters. The number of piperidine rings is 1. The summed E-state index contributed by atoms with van der Waals surface area (Å²) in [6.07, 6.45) is 10.5. The largest absolute Gasteiger partial charge is 0.490 e. The highest BCUT2D eigenvalue weighted by molar-refractivity contribution is 5.64. The van der Waals surface area contributed by atoms with E-state index in [-0.39, 0.29) is 0 Å². The number of benzene rings is 2. The molecular formula is C27H32N4O2. The lowest BCUT2D eigenvalue weighted by Gasteiger charge is -2.38. The predicted molar refractivity (Wildman–Crippen MR) is 131 cm³/mol. The summed E-state index contributed by atoms with van der Waals surface area (Å²) >= 11 is 0. The molecule has 0 bridgehead atoms. The first kappa shape index (κ1) is 21.6. The highest BCUT2D eigenvalue weighted by Gasteiger charge is 2.32. The maximum Gasteiger partial charge on any atom is 0.161 e. The summed E-state index contributed by atoms with van der Waals surface area (Å²) in [5, 5.41) is 3.14. The Labute approximate surface area is 196 Å². The molecule has 3 aliphatic rings. The molecule has 3 aliphatic heterocycles. The van der Waals surface area contributed by atoms with E-state index in [0.29, 0.717) is 25.3 Å². The summed E-state index contributed by atoms with van der Waals surface area (Å²) in [5.41, 5.74) is 3.52. The first-order valence-electron chi connectivity index (χ1n) is 11.9. The zero-order chi connectivity index (χ0) is 22.5. The van der Waals surface area contributed by atoms with Gasteiger partial charge in [-0.2, -0.15) is 0 Å². The molecule has 1 saturated heterocycles. The Bertz CT molecular complexity index is 1030. The van der Waals surface area contributed by atoms with E-state index in [1.165, 1.54) is 5.56 Å². The second kappa shape index (κ2) is 10.1. The maximum atomic E-state index is 6.06. The van der Waals surface area contributed by atoms with E-state index >= 15 is 0 Å². The van der Waals surface area contributed by atoms with Gasteiger partial charge in [0.05, 0.1) is 24.7 Å². The van der Waals surface area contributed by atoms with E-state index in [9.17, 15) is 0 Å². The van der Waals surface area contributed by atoms with Crippen molar-refractivity contribution >= 4 is 6.34 Å². The molecule has 0 radical (unpaired) electrons. The van der Waals surface area contributed by atoms with Gasteiger partial charge >= 0.3 is 0 Å². The number of nitrogens with zero attached hydrogens (tertiary/aromatic N) is 3. The van der Waals surface area contributed by atoms with Crippen molar-refractivity contribution < 1.29 is 9.47 Å². The fourth-order valence-corrected chi connectivity index (χ4v) is 4.76. The van der Waals surface area contributed by atoms with Crippen LogP contribution >= 0.6 is 0 Å². The molecule has 1 fully saturated rings. The van der Waals surface area contributed by atoms with Crippen molar-refractivity contribution in [2.24, 2.45) is 4.99 Å². The Morgan fingerprint density at radius 1 is 1.00 bits per heavy atom. The normalized spacial score (nSPS) is 20.3. The first-order chi connectivity index (χ1) is 16.3. The molecule has 5 rings (SSSR count). The monoisotopic (exact) mass is 444 g/mol. The second-order valence-electron chi connectivity index (χ2n) is 8.73. The molecule has 1 N–H and O–H groups in total. The van der Waals surface area contributed by atoms with Gasteiger partial charge in [-0.1, -0.05) is 36.4 Å². The third-order valence-corrected chi connectivity index (χ3v) is 6.50. The van der Waals surface area contributed by atoms with Gasteiger partial charge in [0.25, 0.3) is 0 Å². The predicted octanol–water partition coefficient (Wildman–Crippen LogP) is 4.30. The number of hydrogen-bond acceptors (Lipinski definition) is 6. The van der Waals surface area contributed by atoms with Gasteiger partial charge < -0.3 is 19.7 Å². The summed E-state index contributed by atoms with van der Waals surface area (Å²) in [6, 6.07) is 17.4. The number of hydrogen-bond donors (Lipinski definition) is 1. The van der Waals surface area contributed by atoms with Crippen molar-refractivity contribution in [1.29, 1.82) is 0 Å². The second-order valence-corrected chi connectivity index (χ2v) is 8.73. The number of aliphatic imine (C=N–C) groups is 1. The van der Waals surface area contributed by atoms with Crippen LogP contribution in [0.15, 0.2) is 77.7 Å². The quantitative estimate of drug-likeness (QED) is 0.658. The van der Waals surface area contributed by atoms with E-state index in [0.717, 1.165) is 55.2 Å². The number of dihydropyridines is 1. The third kappa shape index (κ3) is 5.06. The van der Waals surface area contributed by atoms with Crippen LogP contribution in [0, 0.1) is 0 Å². The van der Waals surface area contributed by atoms with Crippen LogP contribution in [0.2, 0.25) is 0 Å². The Morgan fingerprint density at radius 2 is 1.85 bits per heavy atom. The lowest BCUT2D eigenvalue weighted by Crippen LogP contribution is -2.46. The first-order valence-corrected chi connectivity index (χ1v) is 11.9. The summed E-state index contributed by atoms with van der Waals surface area (Å²) in [4.78, 5) is 9.54. The molecule has 0 spiro atoms. The Morgan fingerprint density at radius 3 is 2.67 bits per heavy atom. The minimum atomic E-state index is 0.292. The third-order valence-electron chi connectivity index (χ3n) is 6.50. The van der Waals surface area contributed by atoms with E-state index in [1.54, 1.807) is 0 Å². The molecule has 0 saturated carbocycles. The molecule has 1 unspecified atom stereocenters. The number of nitrogens with one attached hydrogen (secondary N) is 1. The minimum absolute atomic E-state index is 0.292. The van der Waals surface area contributed by atoms with Crippen LogP contribution < -0.4 is 14.8 Å². The molecular weight excluding hydrogens is 412 g/mol. The van der Waals surface area contributed by atoms with Crippen LogP contribution in [0.1, 0.15) is 30.9 Å². The molecule has 0 aliphatic carbocycles. The van der Waals surface area contributed by atoms with Crippen molar-refractivity contribution in [2.45, 2.75) is 45.0 Å².